The molecule has 0 aliphatic carbocycles. The van der Waals surface area contributed by atoms with Gasteiger partial charge in [-0.15, -0.1) is 11.3 Å². The highest BCUT2D eigenvalue weighted by Gasteiger charge is 2.02. The third-order valence-electron chi connectivity index (χ3n) is 2.55. The number of hydrogen-bond acceptors (Lipinski definition) is 3. The summed E-state index contributed by atoms with van der Waals surface area (Å²) in [6.45, 7) is 0.575. The van der Waals surface area contributed by atoms with Gasteiger partial charge in [0.1, 0.15) is 0 Å². The second kappa shape index (κ2) is 8.69. The fourth-order valence-electron chi connectivity index (χ4n) is 1.60. The number of aryl methyl sites for hydroxylation is 1. The number of unbranched alkanes of at least 4 members (excludes halogenated alkanes) is 1. The molecule has 0 saturated carbocycles. The number of rotatable bonds is 9. The van der Waals surface area contributed by atoms with Crippen LogP contribution in [0.1, 0.15) is 37.0 Å². The number of thiophene rings is 1. The highest BCUT2D eigenvalue weighted by Crippen LogP contribution is 2.11. The SMILES string of the molecule is O=C(O)CCCCNC(=O)CCCc1cccs1. The van der Waals surface area contributed by atoms with Crippen LogP contribution in [-0.4, -0.2) is 23.5 Å². The third-order valence-corrected chi connectivity index (χ3v) is 3.48. The fourth-order valence-corrected chi connectivity index (χ4v) is 2.35. The van der Waals surface area contributed by atoms with Crippen molar-refractivity contribution in [3.63, 3.8) is 0 Å². The van der Waals surface area contributed by atoms with Crippen LogP contribution in [0.4, 0.5) is 0 Å². The van der Waals surface area contributed by atoms with Crippen LogP contribution in [0.2, 0.25) is 0 Å². The predicted molar refractivity (Wildman–Crippen MR) is 71.8 cm³/mol. The van der Waals surface area contributed by atoms with Crippen molar-refractivity contribution < 1.29 is 14.7 Å². The Morgan fingerprint density at radius 1 is 1.22 bits per heavy atom. The minimum absolute atomic E-state index is 0.0573. The van der Waals surface area contributed by atoms with E-state index in [4.69, 9.17) is 5.11 Å². The molecule has 0 aliphatic heterocycles. The maximum Gasteiger partial charge on any atom is 0.303 e. The Labute approximate surface area is 111 Å². The van der Waals surface area contributed by atoms with Gasteiger partial charge in [0.05, 0.1) is 0 Å². The molecule has 1 aromatic rings. The predicted octanol–water partition coefficient (Wildman–Crippen LogP) is 2.44. The molecule has 0 aromatic carbocycles. The average molecular weight is 269 g/mol. The summed E-state index contributed by atoms with van der Waals surface area (Å²) in [6, 6.07) is 4.09. The van der Waals surface area contributed by atoms with E-state index < -0.39 is 5.97 Å². The summed E-state index contributed by atoms with van der Waals surface area (Å²) in [6.07, 6.45) is 3.87. The summed E-state index contributed by atoms with van der Waals surface area (Å²) >= 11 is 1.71. The van der Waals surface area contributed by atoms with E-state index >= 15 is 0 Å². The lowest BCUT2D eigenvalue weighted by atomic mass is 10.2. The van der Waals surface area contributed by atoms with E-state index in [2.05, 4.69) is 11.4 Å². The van der Waals surface area contributed by atoms with E-state index in [1.165, 1.54) is 4.88 Å². The first-order chi connectivity index (χ1) is 8.68. The van der Waals surface area contributed by atoms with Crippen molar-refractivity contribution in [1.29, 1.82) is 0 Å². The first kappa shape index (κ1) is 14.7. The number of carbonyl (C=O) groups excluding carboxylic acids is 1. The van der Waals surface area contributed by atoms with Gasteiger partial charge in [-0.05, 0) is 37.1 Å². The van der Waals surface area contributed by atoms with Crippen molar-refractivity contribution in [2.24, 2.45) is 0 Å². The molecule has 1 aromatic heterocycles. The van der Waals surface area contributed by atoms with Crippen LogP contribution >= 0.6 is 11.3 Å². The fraction of sp³-hybridized carbons (Fsp3) is 0.538. The number of carbonyl (C=O) groups is 2. The molecule has 0 radical (unpaired) electrons. The van der Waals surface area contributed by atoms with E-state index in [1.807, 2.05) is 11.4 Å². The van der Waals surface area contributed by atoms with Gasteiger partial charge in [-0.3, -0.25) is 9.59 Å². The van der Waals surface area contributed by atoms with E-state index in [1.54, 1.807) is 11.3 Å². The van der Waals surface area contributed by atoms with Gasteiger partial charge in [-0.1, -0.05) is 6.07 Å². The summed E-state index contributed by atoms with van der Waals surface area (Å²) in [5.74, 6) is -0.723. The lowest BCUT2D eigenvalue weighted by Gasteiger charge is -2.04. The lowest BCUT2D eigenvalue weighted by molar-refractivity contribution is -0.137. The standard InChI is InChI=1S/C13H19NO3S/c15-12(14-9-2-1-8-13(16)17)7-3-5-11-6-4-10-18-11/h4,6,10H,1-3,5,7-9H2,(H,14,15)(H,16,17). The second-order valence-electron chi connectivity index (χ2n) is 4.13. The molecule has 2 N–H and O–H groups in total. The molecule has 0 aliphatic rings. The van der Waals surface area contributed by atoms with Crippen molar-refractivity contribution >= 4 is 23.2 Å². The molecule has 5 heteroatoms. The zero-order valence-corrected chi connectivity index (χ0v) is 11.2. The molecule has 1 heterocycles. The highest BCUT2D eigenvalue weighted by atomic mass is 32.1. The van der Waals surface area contributed by atoms with E-state index in [9.17, 15) is 9.59 Å². The second-order valence-corrected chi connectivity index (χ2v) is 5.17. The number of aliphatic carboxylic acids is 1. The Bertz CT molecular complexity index is 362. The maximum atomic E-state index is 11.4. The molecule has 0 bridgehead atoms. The van der Waals surface area contributed by atoms with E-state index in [0.717, 1.165) is 19.3 Å². The molecule has 1 amide bonds. The van der Waals surface area contributed by atoms with Crippen molar-refractivity contribution in [3.8, 4) is 0 Å². The summed E-state index contributed by atoms with van der Waals surface area (Å²) in [5.41, 5.74) is 0. The normalized spacial score (nSPS) is 10.2. The Morgan fingerprint density at radius 2 is 2.06 bits per heavy atom. The zero-order chi connectivity index (χ0) is 13.2. The van der Waals surface area contributed by atoms with Crippen molar-refractivity contribution in [1.82, 2.24) is 5.32 Å². The lowest BCUT2D eigenvalue weighted by Crippen LogP contribution is -2.24. The van der Waals surface area contributed by atoms with Crippen LogP contribution in [0.25, 0.3) is 0 Å². The molecule has 0 spiro atoms. The molecule has 0 saturated heterocycles. The average Bonchev–Trinajstić information content (AvgIpc) is 2.81. The summed E-state index contributed by atoms with van der Waals surface area (Å²) in [4.78, 5) is 23.0. The first-order valence-electron chi connectivity index (χ1n) is 6.19. The molecular weight excluding hydrogens is 250 g/mol. The Balaban J connectivity index is 1.95. The van der Waals surface area contributed by atoms with Crippen LogP contribution in [0.3, 0.4) is 0 Å². The van der Waals surface area contributed by atoms with Crippen LogP contribution < -0.4 is 5.32 Å². The molecule has 0 fully saturated rings. The van der Waals surface area contributed by atoms with Crippen molar-refractivity contribution in [2.75, 3.05) is 6.54 Å². The molecule has 18 heavy (non-hydrogen) atoms. The van der Waals surface area contributed by atoms with E-state index in [-0.39, 0.29) is 12.3 Å². The van der Waals surface area contributed by atoms with Crippen LogP contribution in [0.5, 0.6) is 0 Å². The summed E-state index contributed by atoms with van der Waals surface area (Å²) in [7, 11) is 0. The summed E-state index contributed by atoms with van der Waals surface area (Å²) < 4.78 is 0. The molecule has 1 rings (SSSR count). The van der Waals surface area contributed by atoms with Crippen LogP contribution in [0, 0.1) is 0 Å². The van der Waals surface area contributed by atoms with Gasteiger partial charge in [0.25, 0.3) is 0 Å². The number of hydrogen-bond donors (Lipinski definition) is 2. The van der Waals surface area contributed by atoms with Gasteiger partial charge < -0.3 is 10.4 Å². The molecule has 4 nitrogen and oxygen atoms in total. The van der Waals surface area contributed by atoms with Gasteiger partial charge in [0.2, 0.25) is 5.91 Å². The van der Waals surface area contributed by atoms with Gasteiger partial charge >= 0.3 is 5.97 Å². The maximum absolute atomic E-state index is 11.4. The van der Waals surface area contributed by atoms with Crippen LogP contribution in [-0.2, 0) is 16.0 Å². The van der Waals surface area contributed by atoms with Gasteiger partial charge in [-0.2, -0.15) is 0 Å². The largest absolute Gasteiger partial charge is 0.481 e. The Hall–Kier alpha value is -1.36. The van der Waals surface area contributed by atoms with E-state index in [0.29, 0.717) is 19.4 Å². The molecule has 0 unspecified atom stereocenters. The number of nitrogens with one attached hydrogen (secondary N) is 1. The third kappa shape index (κ3) is 7.06. The molecule has 100 valence electrons. The van der Waals surface area contributed by atoms with Gasteiger partial charge in [0.15, 0.2) is 0 Å². The van der Waals surface area contributed by atoms with Gasteiger partial charge in [0, 0.05) is 24.3 Å². The van der Waals surface area contributed by atoms with Crippen molar-refractivity contribution in [2.45, 2.75) is 38.5 Å². The smallest absolute Gasteiger partial charge is 0.303 e. The minimum Gasteiger partial charge on any atom is -0.481 e. The quantitative estimate of drug-likeness (QED) is 0.677. The summed E-state index contributed by atoms with van der Waals surface area (Å²) in [5, 5.41) is 13.3. The topological polar surface area (TPSA) is 66.4 Å². The first-order valence-corrected chi connectivity index (χ1v) is 7.07. The van der Waals surface area contributed by atoms with Gasteiger partial charge in [-0.25, -0.2) is 0 Å². The number of carboxylic acids is 1. The highest BCUT2D eigenvalue weighted by molar-refractivity contribution is 7.09. The molecular formula is C13H19NO3S. The Morgan fingerprint density at radius 3 is 2.72 bits per heavy atom. The zero-order valence-electron chi connectivity index (χ0n) is 10.4. The number of amides is 1. The number of carboxylic acid groups (broad SMARTS) is 1. The minimum atomic E-state index is -0.780. The monoisotopic (exact) mass is 269 g/mol. The van der Waals surface area contributed by atoms with Crippen LogP contribution in [0.15, 0.2) is 17.5 Å². The molecule has 0 atom stereocenters. The Kier molecular flexibility index (Phi) is 7.10. The van der Waals surface area contributed by atoms with Crippen molar-refractivity contribution in [3.05, 3.63) is 22.4 Å².